The number of hydrogen-bond donors (Lipinski definition) is 2. The Bertz CT molecular complexity index is 116. The summed E-state index contributed by atoms with van der Waals surface area (Å²) in [7, 11) is 0. The van der Waals surface area contributed by atoms with E-state index in [-0.39, 0.29) is 0 Å². The molecular formula is C8H19N3. The Kier molecular flexibility index (Phi) is 3.30. The number of nitrogens with one attached hydrogen (secondary N) is 1. The SMILES string of the molecule is CCN[C@H]1CN(CC)C[C@@H]1N. The number of nitrogens with zero attached hydrogens (tertiary/aromatic N) is 1. The third-order valence-corrected chi connectivity index (χ3v) is 2.35. The van der Waals surface area contributed by atoms with E-state index in [2.05, 4.69) is 24.1 Å². The van der Waals surface area contributed by atoms with Crippen LogP contribution in [0, 0.1) is 0 Å². The Balaban J connectivity index is 2.32. The Labute approximate surface area is 68.9 Å². The van der Waals surface area contributed by atoms with E-state index in [4.69, 9.17) is 5.73 Å². The van der Waals surface area contributed by atoms with Crippen LogP contribution >= 0.6 is 0 Å². The van der Waals surface area contributed by atoms with Crippen LogP contribution in [0.5, 0.6) is 0 Å². The zero-order valence-corrected chi connectivity index (χ0v) is 7.51. The summed E-state index contributed by atoms with van der Waals surface area (Å²) >= 11 is 0. The second kappa shape index (κ2) is 4.04. The minimum absolute atomic E-state index is 0.329. The molecule has 0 aromatic rings. The van der Waals surface area contributed by atoms with E-state index in [9.17, 15) is 0 Å². The van der Waals surface area contributed by atoms with Gasteiger partial charge in [0, 0.05) is 25.2 Å². The molecule has 1 heterocycles. The van der Waals surface area contributed by atoms with Crippen molar-refractivity contribution in [3.8, 4) is 0 Å². The predicted octanol–water partition coefficient (Wildman–Crippen LogP) is -0.373. The van der Waals surface area contributed by atoms with Crippen LogP contribution in [0.2, 0.25) is 0 Å². The van der Waals surface area contributed by atoms with Crippen LogP contribution in [-0.2, 0) is 0 Å². The standard InChI is InChI=1S/C8H19N3/c1-3-10-8-6-11(4-2)5-7(8)9/h7-8,10H,3-6,9H2,1-2H3/t7-,8-/m0/s1. The number of rotatable bonds is 3. The molecule has 3 N–H and O–H groups in total. The molecule has 66 valence electrons. The van der Waals surface area contributed by atoms with Gasteiger partial charge in [-0.2, -0.15) is 0 Å². The summed E-state index contributed by atoms with van der Waals surface area (Å²) in [6, 6.07) is 0.842. The largest absolute Gasteiger partial charge is 0.325 e. The first-order valence-corrected chi connectivity index (χ1v) is 4.49. The lowest BCUT2D eigenvalue weighted by molar-refractivity contribution is 0.345. The molecule has 0 unspecified atom stereocenters. The first-order valence-electron chi connectivity index (χ1n) is 4.49. The highest BCUT2D eigenvalue weighted by molar-refractivity contribution is 4.90. The molecule has 0 aliphatic carbocycles. The molecule has 1 aliphatic rings. The minimum Gasteiger partial charge on any atom is -0.325 e. The first-order chi connectivity index (χ1) is 5.27. The average Bonchev–Trinajstić information content (AvgIpc) is 2.33. The van der Waals surface area contributed by atoms with Gasteiger partial charge in [-0.25, -0.2) is 0 Å². The van der Waals surface area contributed by atoms with Crippen LogP contribution in [-0.4, -0.2) is 43.2 Å². The summed E-state index contributed by atoms with van der Waals surface area (Å²) in [5.41, 5.74) is 5.93. The van der Waals surface area contributed by atoms with Crippen molar-refractivity contribution in [3.63, 3.8) is 0 Å². The van der Waals surface area contributed by atoms with Crippen molar-refractivity contribution in [1.29, 1.82) is 0 Å². The molecule has 0 aromatic heterocycles. The fourth-order valence-electron chi connectivity index (χ4n) is 1.65. The number of likely N-dealkylation sites (tertiary alicyclic amines) is 1. The number of hydrogen-bond acceptors (Lipinski definition) is 3. The monoisotopic (exact) mass is 157 g/mol. The lowest BCUT2D eigenvalue weighted by atomic mass is 10.2. The molecule has 0 radical (unpaired) electrons. The van der Waals surface area contributed by atoms with E-state index in [1.165, 1.54) is 0 Å². The van der Waals surface area contributed by atoms with Crippen LogP contribution in [0.4, 0.5) is 0 Å². The quantitative estimate of drug-likeness (QED) is 0.587. The van der Waals surface area contributed by atoms with Crippen molar-refractivity contribution in [3.05, 3.63) is 0 Å². The summed E-state index contributed by atoms with van der Waals surface area (Å²) in [5.74, 6) is 0. The van der Waals surface area contributed by atoms with Crippen LogP contribution in [0.3, 0.4) is 0 Å². The summed E-state index contributed by atoms with van der Waals surface area (Å²) in [4.78, 5) is 2.39. The van der Waals surface area contributed by atoms with E-state index in [1.807, 2.05) is 0 Å². The van der Waals surface area contributed by atoms with Gasteiger partial charge in [-0.3, -0.25) is 0 Å². The van der Waals surface area contributed by atoms with Crippen LogP contribution < -0.4 is 11.1 Å². The maximum Gasteiger partial charge on any atom is 0.0359 e. The van der Waals surface area contributed by atoms with Gasteiger partial charge in [-0.1, -0.05) is 13.8 Å². The van der Waals surface area contributed by atoms with Crippen molar-refractivity contribution in [2.24, 2.45) is 5.73 Å². The third-order valence-electron chi connectivity index (χ3n) is 2.35. The summed E-state index contributed by atoms with van der Waals surface area (Å²) in [5, 5.41) is 3.39. The molecule has 0 bridgehead atoms. The normalized spacial score (nSPS) is 33.0. The molecule has 1 saturated heterocycles. The maximum absolute atomic E-state index is 5.93. The summed E-state index contributed by atoms with van der Waals surface area (Å²) in [6.07, 6.45) is 0. The molecule has 0 amide bonds. The second-order valence-corrected chi connectivity index (χ2v) is 3.18. The highest BCUT2D eigenvalue weighted by Crippen LogP contribution is 2.06. The van der Waals surface area contributed by atoms with Gasteiger partial charge in [0.05, 0.1) is 0 Å². The Morgan fingerprint density at radius 1 is 1.45 bits per heavy atom. The molecule has 0 saturated carbocycles. The van der Waals surface area contributed by atoms with Crippen molar-refractivity contribution in [2.75, 3.05) is 26.2 Å². The van der Waals surface area contributed by atoms with E-state index >= 15 is 0 Å². The lowest BCUT2D eigenvalue weighted by Crippen LogP contribution is -2.43. The van der Waals surface area contributed by atoms with Gasteiger partial charge in [0.2, 0.25) is 0 Å². The van der Waals surface area contributed by atoms with E-state index in [0.717, 1.165) is 26.2 Å². The Morgan fingerprint density at radius 2 is 2.18 bits per heavy atom. The van der Waals surface area contributed by atoms with Crippen molar-refractivity contribution in [1.82, 2.24) is 10.2 Å². The maximum atomic E-state index is 5.93. The van der Waals surface area contributed by atoms with Gasteiger partial charge < -0.3 is 16.0 Å². The van der Waals surface area contributed by atoms with Gasteiger partial charge in [0.25, 0.3) is 0 Å². The molecule has 1 aliphatic heterocycles. The van der Waals surface area contributed by atoms with Crippen LogP contribution in [0.25, 0.3) is 0 Å². The lowest BCUT2D eigenvalue weighted by Gasteiger charge is -2.14. The second-order valence-electron chi connectivity index (χ2n) is 3.18. The van der Waals surface area contributed by atoms with E-state index in [0.29, 0.717) is 12.1 Å². The highest BCUT2D eigenvalue weighted by atomic mass is 15.2. The van der Waals surface area contributed by atoms with Crippen molar-refractivity contribution >= 4 is 0 Å². The minimum atomic E-state index is 0.329. The van der Waals surface area contributed by atoms with Crippen LogP contribution in [0.15, 0.2) is 0 Å². The molecule has 2 atom stereocenters. The smallest absolute Gasteiger partial charge is 0.0359 e. The molecule has 1 rings (SSSR count). The van der Waals surface area contributed by atoms with E-state index in [1.54, 1.807) is 0 Å². The molecule has 3 nitrogen and oxygen atoms in total. The zero-order chi connectivity index (χ0) is 8.27. The van der Waals surface area contributed by atoms with E-state index < -0.39 is 0 Å². The summed E-state index contributed by atoms with van der Waals surface area (Å²) in [6.45, 7) is 8.62. The third kappa shape index (κ3) is 2.15. The molecule has 0 aromatic carbocycles. The Morgan fingerprint density at radius 3 is 2.64 bits per heavy atom. The molecular weight excluding hydrogens is 138 g/mol. The van der Waals surface area contributed by atoms with Gasteiger partial charge in [0.1, 0.15) is 0 Å². The van der Waals surface area contributed by atoms with Gasteiger partial charge in [-0.05, 0) is 13.1 Å². The topological polar surface area (TPSA) is 41.3 Å². The highest BCUT2D eigenvalue weighted by Gasteiger charge is 2.27. The summed E-state index contributed by atoms with van der Waals surface area (Å²) < 4.78 is 0. The molecule has 1 fully saturated rings. The molecule has 3 heteroatoms. The van der Waals surface area contributed by atoms with Crippen molar-refractivity contribution < 1.29 is 0 Å². The molecule has 0 spiro atoms. The first kappa shape index (κ1) is 8.97. The average molecular weight is 157 g/mol. The Hall–Kier alpha value is -0.120. The van der Waals surface area contributed by atoms with Gasteiger partial charge in [0.15, 0.2) is 0 Å². The molecule has 11 heavy (non-hydrogen) atoms. The fraction of sp³-hybridized carbons (Fsp3) is 1.00. The number of likely N-dealkylation sites (N-methyl/N-ethyl adjacent to an activating group) is 2. The van der Waals surface area contributed by atoms with Crippen LogP contribution in [0.1, 0.15) is 13.8 Å². The van der Waals surface area contributed by atoms with Gasteiger partial charge in [-0.15, -0.1) is 0 Å². The predicted molar refractivity (Wildman–Crippen MR) is 47.6 cm³/mol. The fourth-order valence-corrected chi connectivity index (χ4v) is 1.65. The van der Waals surface area contributed by atoms with Crippen molar-refractivity contribution in [2.45, 2.75) is 25.9 Å². The van der Waals surface area contributed by atoms with Gasteiger partial charge >= 0.3 is 0 Å². The zero-order valence-electron chi connectivity index (χ0n) is 7.51. The number of nitrogens with two attached hydrogens (primary N) is 1.